The zero-order valence-corrected chi connectivity index (χ0v) is 12.2. The molecule has 1 heterocycles. The van der Waals surface area contributed by atoms with E-state index in [0.717, 1.165) is 25.9 Å². The predicted octanol–water partition coefficient (Wildman–Crippen LogP) is 1.65. The molecule has 112 valence electrons. The summed E-state index contributed by atoms with van der Waals surface area (Å²) < 4.78 is 5.61. The number of hydrogen-bond acceptors (Lipinski definition) is 3. The second kappa shape index (κ2) is 9.15. The SMILES string of the molecule is CC(C)C(CCO)NC(=O)NCCC1CCCCO1. The van der Waals surface area contributed by atoms with Crippen LogP contribution in [0.1, 0.15) is 46.0 Å². The molecule has 0 saturated carbocycles. The molecule has 0 aliphatic carbocycles. The molecule has 5 nitrogen and oxygen atoms in total. The third-order valence-corrected chi connectivity index (χ3v) is 3.59. The van der Waals surface area contributed by atoms with Crippen molar-refractivity contribution in [2.75, 3.05) is 19.8 Å². The van der Waals surface area contributed by atoms with Crippen LogP contribution in [0.5, 0.6) is 0 Å². The Hall–Kier alpha value is -0.810. The third-order valence-electron chi connectivity index (χ3n) is 3.59. The molecule has 5 heteroatoms. The van der Waals surface area contributed by atoms with Gasteiger partial charge in [0.05, 0.1) is 6.10 Å². The highest BCUT2D eigenvalue weighted by Gasteiger charge is 2.16. The Bertz CT molecular complexity index is 253. The van der Waals surface area contributed by atoms with Crippen LogP contribution in [0.3, 0.4) is 0 Å². The number of amides is 2. The summed E-state index contributed by atoms with van der Waals surface area (Å²) in [7, 11) is 0. The first-order valence-corrected chi connectivity index (χ1v) is 7.40. The van der Waals surface area contributed by atoms with E-state index in [1.807, 2.05) is 13.8 Å². The van der Waals surface area contributed by atoms with Crippen molar-refractivity contribution in [2.45, 2.75) is 58.1 Å². The first kappa shape index (κ1) is 16.2. The van der Waals surface area contributed by atoms with Gasteiger partial charge in [0.1, 0.15) is 0 Å². The van der Waals surface area contributed by atoms with Gasteiger partial charge in [-0.25, -0.2) is 4.79 Å². The Kier molecular flexibility index (Phi) is 7.82. The normalized spacial score (nSPS) is 21.2. The number of urea groups is 1. The molecular weight excluding hydrogens is 244 g/mol. The lowest BCUT2D eigenvalue weighted by Crippen LogP contribution is -2.45. The van der Waals surface area contributed by atoms with E-state index in [-0.39, 0.29) is 18.7 Å². The van der Waals surface area contributed by atoms with Gasteiger partial charge in [-0.05, 0) is 38.0 Å². The lowest BCUT2D eigenvalue weighted by atomic mass is 10.0. The number of hydrogen-bond donors (Lipinski definition) is 3. The van der Waals surface area contributed by atoms with Crippen molar-refractivity contribution < 1.29 is 14.6 Å². The Morgan fingerprint density at radius 1 is 1.42 bits per heavy atom. The van der Waals surface area contributed by atoms with Crippen molar-refractivity contribution >= 4 is 6.03 Å². The van der Waals surface area contributed by atoms with Gasteiger partial charge < -0.3 is 20.5 Å². The Balaban J connectivity index is 2.15. The van der Waals surface area contributed by atoms with Gasteiger partial charge in [0.2, 0.25) is 0 Å². The van der Waals surface area contributed by atoms with Crippen molar-refractivity contribution in [3.63, 3.8) is 0 Å². The highest BCUT2D eigenvalue weighted by atomic mass is 16.5. The van der Waals surface area contributed by atoms with Crippen molar-refractivity contribution in [3.8, 4) is 0 Å². The van der Waals surface area contributed by atoms with Gasteiger partial charge >= 0.3 is 6.03 Å². The summed E-state index contributed by atoms with van der Waals surface area (Å²) in [5.41, 5.74) is 0. The minimum absolute atomic E-state index is 0.0240. The summed E-state index contributed by atoms with van der Waals surface area (Å²) in [6, 6.07) is -0.126. The van der Waals surface area contributed by atoms with Crippen LogP contribution >= 0.6 is 0 Å². The number of carbonyl (C=O) groups excluding carboxylic acids is 1. The standard InChI is InChI=1S/C14H28N2O3/c1-11(2)13(7-9-17)16-14(18)15-8-6-12-5-3-4-10-19-12/h11-13,17H,3-10H2,1-2H3,(H2,15,16,18). The molecule has 3 N–H and O–H groups in total. The average molecular weight is 272 g/mol. The topological polar surface area (TPSA) is 70.6 Å². The van der Waals surface area contributed by atoms with E-state index < -0.39 is 0 Å². The van der Waals surface area contributed by atoms with Gasteiger partial charge in [0.15, 0.2) is 0 Å². The number of aliphatic hydroxyl groups excluding tert-OH is 1. The second-order valence-electron chi connectivity index (χ2n) is 5.54. The van der Waals surface area contributed by atoms with Gasteiger partial charge in [0, 0.05) is 25.8 Å². The minimum atomic E-state index is -0.150. The summed E-state index contributed by atoms with van der Waals surface area (Å²) in [5, 5.41) is 14.7. The fraction of sp³-hybridized carbons (Fsp3) is 0.929. The van der Waals surface area contributed by atoms with Gasteiger partial charge in [-0.3, -0.25) is 0 Å². The quantitative estimate of drug-likeness (QED) is 0.660. The van der Waals surface area contributed by atoms with Crippen LogP contribution in [-0.4, -0.2) is 43.0 Å². The van der Waals surface area contributed by atoms with Crippen LogP contribution < -0.4 is 10.6 Å². The molecular formula is C14H28N2O3. The average Bonchev–Trinajstić information content (AvgIpc) is 2.39. The lowest BCUT2D eigenvalue weighted by Gasteiger charge is -2.24. The van der Waals surface area contributed by atoms with E-state index in [1.54, 1.807) is 0 Å². The number of nitrogens with one attached hydrogen (secondary N) is 2. The van der Waals surface area contributed by atoms with Crippen LogP contribution in [0.15, 0.2) is 0 Å². The van der Waals surface area contributed by atoms with E-state index in [9.17, 15) is 4.79 Å². The summed E-state index contributed by atoms with van der Waals surface area (Å²) >= 11 is 0. The Labute approximate surface area is 116 Å². The van der Waals surface area contributed by atoms with Crippen LogP contribution in [0.4, 0.5) is 4.79 Å². The molecule has 2 atom stereocenters. The highest BCUT2D eigenvalue weighted by Crippen LogP contribution is 2.14. The molecule has 0 aromatic heterocycles. The molecule has 19 heavy (non-hydrogen) atoms. The molecule has 1 aliphatic heterocycles. The Morgan fingerprint density at radius 2 is 2.21 bits per heavy atom. The molecule has 0 bridgehead atoms. The highest BCUT2D eigenvalue weighted by molar-refractivity contribution is 5.74. The van der Waals surface area contributed by atoms with Gasteiger partial charge in [-0.2, -0.15) is 0 Å². The fourth-order valence-electron chi connectivity index (χ4n) is 2.31. The lowest BCUT2D eigenvalue weighted by molar-refractivity contribution is 0.0120. The van der Waals surface area contributed by atoms with E-state index in [4.69, 9.17) is 9.84 Å². The molecule has 2 unspecified atom stereocenters. The summed E-state index contributed by atoms with van der Waals surface area (Å²) in [5.74, 6) is 0.319. The van der Waals surface area contributed by atoms with Gasteiger partial charge in [-0.1, -0.05) is 13.8 Å². The van der Waals surface area contributed by atoms with E-state index in [1.165, 1.54) is 6.42 Å². The smallest absolute Gasteiger partial charge is 0.315 e. The van der Waals surface area contributed by atoms with Gasteiger partial charge in [-0.15, -0.1) is 0 Å². The number of ether oxygens (including phenoxy) is 1. The molecule has 0 aromatic rings. The summed E-state index contributed by atoms with van der Waals surface area (Å²) in [6.07, 6.45) is 5.25. The molecule has 1 fully saturated rings. The Morgan fingerprint density at radius 3 is 2.79 bits per heavy atom. The third kappa shape index (κ3) is 6.78. The van der Waals surface area contributed by atoms with E-state index >= 15 is 0 Å². The minimum Gasteiger partial charge on any atom is -0.396 e. The van der Waals surface area contributed by atoms with Crippen molar-refractivity contribution in [1.82, 2.24) is 10.6 Å². The van der Waals surface area contributed by atoms with Crippen molar-refractivity contribution in [3.05, 3.63) is 0 Å². The zero-order chi connectivity index (χ0) is 14.1. The van der Waals surface area contributed by atoms with Crippen molar-refractivity contribution in [2.24, 2.45) is 5.92 Å². The maximum Gasteiger partial charge on any atom is 0.315 e. The predicted molar refractivity (Wildman–Crippen MR) is 75.1 cm³/mol. The summed E-state index contributed by atoms with van der Waals surface area (Å²) in [6.45, 7) is 5.66. The summed E-state index contributed by atoms with van der Waals surface area (Å²) in [4.78, 5) is 11.7. The largest absolute Gasteiger partial charge is 0.396 e. The van der Waals surface area contributed by atoms with Gasteiger partial charge in [0.25, 0.3) is 0 Å². The monoisotopic (exact) mass is 272 g/mol. The first-order chi connectivity index (χ1) is 9.13. The van der Waals surface area contributed by atoms with Crippen LogP contribution in [0, 0.1) is 5.92 Å². The number of carbonyl (C=O) groups is 1. The van der Waals surface area contributed by atoms with E-state index in [2.05, 4.69) is 10.6 Å². The molecule has 2 amide bonds. The van der Waals surface area contributed by atoms with Crippen LogP contribution in [-0.2, 0) is 4.74 Å². The van der Waals surface area contributed by atoms with E-state index in [0.29, 0.717) is 25.0 Å². The van der Waals surface area contributed by atoms with Crippen LogP contribution in [0.25, 0.3) is 0 Å². The maximum absolute atomic E-state index is 11.7. The maximum atomic E-state index is 11.7. The molecule has 0 aromatic carbocycles. The molecule has 0 spiro atoms. The zero-order valence-electron chi connectivity index (χ0n) is 12.2. The molecule has 1 rings (SSSR count). The second-order valence-corrected chi connectivity index (χ2v) is 5.54. The number of aliphatic hydroxyl groups is 1. The van der Waals surface area contributed by atoms with Crippen molar-refractivity contribution in [1.29, 1.82) is 0 Å². The molecule has 1 saturated heterocycles. The van der Waals surface area contributed by atoms with Crippen LogP contribution in [0.2, 0.25) is 0 Å². The number of rotatable bonds is 7. The fourth-order valence-corrected chi connectivity index (χ4v) is 2.31. The molecule has 0 radical (unpaired) electrons. The first-order valence-electron chi connectivity index (χ1n) is 7.40. The molecule has 1 aliphatic rings.